The lowest BCUT2D eigenvalue weighted by Gasteiger charge is -2.14. The van der Waals surface area contributed by atoms with E-state index in [-0.39, 0.29) is 0 Å². The van der Waals surface area contributed by atoms with Gasteiger partial charge in [0.1, 0.15) is 0 Å². The van der Waals surface area contributed by atoms with Crippen LogP contribution in [-0.4, -0.2) is 9.97 Å². The van der Waals surface area contributed by atoms with Crippen molar-refractivity contribution >= 4 is 74.7 Å². The Morgan fingerprint density at radius 3 is 2.02 bits per heavy atom. The van der Waals surface area contributed by atoms with Gasteiger partial charge < -0.3 is 0 Å². The van der Waals surface area contributed by atoms with Crippen molar-refractivity contribution in [2.45, 2.75) is 0 Å². The molecule has 2 aromatic heterocycles. The van der Waals surface area contributed by atoms with Gasteiger partial charge in [-0.2, -0.15) is 0 Å². The highest BCUT2D eigenvalue weighted by Crippen LogP contribution is 2.41. The van der Waals surface area contributed by atoms with Crippen molar-refractivity contribution in [1.29, 1.82) is 0 Å². The van der Waals surface area contributed by atoms with Crippen LogP contribution < -0.4 is 0 Å². The number of nitrogens with zero attached hydrogens (tertiary/aromatic N) is 2. The number of aromatic nitrogens is 2. The van der Waals surface area contributed by atoms with Crippen LogP contribution >= 0.6 is 11.3 Å². The molecule has 7 aromatic carbocycles. The van der Waals surface area contributed by atoms with E-state index in [1.807, 2.05) is 11.3 Å². The summed E-state index contributed by atoms with van der Waals surface area (Å²) in [7, 11) is 0. The van der Waals surface area contributed by atoms with Crippen LogP contribution in [0.1, 0.15) is 0 Å². The average molecular weight is 539 g/mol. The number of hydrogen-bond acceptors (Lipinski definition) is 3. The minimum absolute atomic E-state index is 0.752. The normalized spacial score (nSPS) is 11.9. The molecule has 190 valence electrons. The Morgan fingerprint density at radius 1 is 0.415 bits per heavy atom. The first-order valence-electron chi connectivity index (χ1n) is 13.8. The largest absolute Gasteiger partial charge is 0.227 e. The molecule has 0 saturated heterocycles. The predicted molar refractivity (Wildman–Crippen MR) is 176 cm³/mol. The van der Waals surface area contributed by atoms with Gasteiger partial charge in [0.25, 0.3) is 0 Å². The third-order valence-corrected chi connectivity index (χ3v) is 9.37. The molecule has 0 spiro atoms. The Labute approximate surface area is 240 Å². The van der Waals surface area contributed by atoms with Gasteiger partial charge in [0.05, 0.1) is 11.2 Å². The highest BCUT2D eigenvalue weighted by molar-refractivity contribution is 7.25. The van der Waals surface area contributed by atoms with Crippen LogP contribution in [-0.2, 0) is 0 Å². The second-order valence-electron chi connectivity index (χ2n) is 10.6. The van der Waals surface area contributed by atoms with E-state index in [1.165, 1.54) is 41.7 Å². The number of thiophene rings is 1. The van der Waals surface area contributed by atoms with Gasteiger partial charge in [-0.3, -0.25) is 0 Å². The number of fused-ring (bicyclic) bond motifs is 9. The van der Waals surface area contributed by atoms with Crippen LogP contribution in [0.5, 0.6) is 0 Å². The molecule has 0 aliphatic rings. The molecule has 0 aliphatic carbocycles. The molecule has 41 heavy (non-hydrogen) atoms. The summed E-state index contributed by atoms with van der Waals surface area (Å²) in [5, 5.41) is 10.9. The molecule has 0 atom stereocenters. The molecule has 0 amide bonds. The van der Waals surface area contributed by atoms with Crippen LogP contribution in [0.2, 0.25) is 0 Å². The van der Waals surface area contributed by atoms with Gasteiger partial charge in [0, 0.05) is 42.1 Å². The van der Waals surface area contributed by atoms with E-state index in [9.17, 15) is 0 Å². The third kappa shape index (κ3) is 3.43. The maximum atomic E-state index is 5.31. The Hall–Kier alpha value is -5.12. The number of rotatable bonds is 2. The van der Waals surface area contributed by atoms with Gasteiger partial charge in [-0.1, -0.05) is 103 Å². The van der Waals surface area contributed by atoms with E-state index in [4.69, 9.17) is 9.97 Å². The highest BCUT2D eigenvalue weighted by Gasteiger charge is 2.17. The van der Waals surface area contributed by atoms with Crippen LogP contribution in [0.15, 0.2) is 133 Å². The molecular weight excluding hydrogens is 516 g/mol. The van der Waals surface area contributed by atoms with Crippen LogP contribution in [0.3, 0.4) is 0 Å². The SMILES string of the molecule is c1ccc(-c2nc(-c3cc4cc5sc6ccccc6c5cc4c4ccccc34)nc3c2ccc2ccccc23)cc1. The zero-order valence-electron chi connectivity index (χ0n) is 22.0. The fourth-order valence-corrected chi connectivity index (χ4v) is 7.45. The first kappa shape index (κ1) is 22.7. The zero-order valence-corrected chi connectivity index (χ0v) is 22.8. The molecule has 3 heteroatoms. The van der Waals surface area contributed by atoms with E-state index in [2.05, 4.69) is 133 Å². The molecule has 0 aliphatic heterocycles. The topological polar surface area (TPSA) is 25.8 Å². The summed E-state index contributed by atoms with van der Waals surface area (Å²) in [4.78, 5) is 10.6. The molecule has 2 heterocycles. The van der Waals surface area contributed by atoms with Crippen molar-refractivity contribution < 1.29 is 0 Å². The molecule has 0 saturated carbocycles. The van der Waals surface area contributed by atoms with Crippen molar-refractivity contribution in [3.8, 4) is 22.6 Å². The van der Waals surface area contributed by atoms with Gasteiger partial charge in [0.15, 0.2) is 5.82 Å². The van der Waals surface area contributed by atoms with E-state index < -0.39 is 0 Å². The van der Waals surface area contributed by atoms with Crippen LogP contribution in [0, 0.1) is 0 Å². The second-order valence-corrected chi connectivity index (χ2v) is 11.7. The van der Waals surface area contributed by atoms with Gasteiger partial charge in [-0.05, 0) is 57.3 Å². The Bertz CT molecular complexity index is 2470. The highest BCUT2D eigenvalue weighted by atomic mass is 32.1. The summed E-state index contributed by atoms with van der Waals surface area (Å²) in [6.45, 7) is 0. The average Bonchev–Trinajstić information content (AvgIpc) is 3.40. The van der Waals surface area contributed by atoms with E-state index >= 15 is 0 Å². The van der Waals surface area contributed by atoms with Gasteiger partial charge in [-0.15, -0.1) is 11.3 Å². The molecule has 2 nitrogen and oxygen atoms in total. The van der Waals surface area contributed by atoms with E-state index in [0.29, 0.717) is 0 Å². The summed E-state index contributed by atoms with van der Waals surface area (Å²) in [6.07, 6.45) is 0. The van der Waals surface area contributed by atoms with Gasteiger partial charge in [0.2, 0.25) is 0 Å². The standard InChI is InChI=1S/C38H22N2S/c1-2-11-24(12-3-1)36-30-19-18-23-10-4-5-13-26(23)37(30)40-38(39-36)33-20-25-21-35-32(29-16-8-9-17-34(29)41-35)22-31(25)27-14-6-7-15-28(27)33/h1-22H. The molecule has 0 radical (unpaired) electrons. The first-order valence-corrected chi connectivity index (χ1v) is 14.7. The molecule has 0 unspecified atom stereocenters. The Morgan fingerprint density at radius 2 is 1.15 bits per heavy atom. The quantitative estimate of drug-likeness (QED) is 0.205. The molecule has 9 rings (SSSR count). The molecule has 9 aromatic rings. The maximum absolute atomic E-state index is 5.31. The van der Waals surface area contributed by atoms with Crippen molar-refractivity contribution in [3.05, 3.63) is 133 Å². The van der Waals surface area contributed by atoms with E-state index in [0.717, 1.165) is 44.3 Å². The summed E-state index contributed by atoms with van der Waals surface area (Å²) >= 11 is 1.86. The number of benzene rings is 7. The van der Waals surface area contributed by atoms with Crippen molar-refractivity contribution in [1.82, 2.24) is 9.97 Å². The van der Waals surface area contributed by atoms with Gasteiger partial charge in [-0.25, -0.2) is 9.97 Å². The fraction of sp³-hybridized carbons (Fsp3) is 0. The zero-order chi connectivity index (χ0) is 26.9. The lowest BCUT2D eigenvalue weighted by Crippen LogP contribution is -1.97. The monoisotopic (exact) mass is 538 g/mol. The Balaban J connectivity index is 1.41. The summed E-state index contributed by atoms with van der Waals surface area (Å²) in [5.41, 5.74) is 4.09. The van der Waals surface area contributed by atoms with Crippen molar-refractivity contribution in [2.75, 3.05) is 0 Å². The summed E-state index contributed by atoms with van der Waals surface area (Å²) in [6, 6.07) is 47.7. The third-order valence-electron chi connectivity index (χ3n) is 8.24. The number of hydrogen-bond donors (Lipinski definition) is 0. The van der Waals surface area contributed by atoms with Gasteiger partial charge >= 0.3 is 0 Å². The second kappa shape index (κ2) is 8.69. The minimum atomic E-state index is 0.752. The first-order chi connectivity index (χ1) is 20.3. The minimum Gasteiger partial charge on any atom is -0.227 e. The van der Waals surface area contributed by atoms with E-state index in [1.54, 1.807) is 0 Å². The summed E-state index contributed by atoms with van der Waals surface area (Å²) < 4.78 is 2.62. The molecule has 0 N–H and O–H groups in total. The molecular formula is C38H22N2S. The molecule has 0 bridgehead atoms. The van der Waals surface area contributed by atoms with Crippen molar-refractivity contribution in [2.24, 2.45) is 0 Å². The predicted octanol–water partition coefficient (Wildman–Crippen LogP) is 10.8. The smallest absolute Gasteiger partial charge is 0.161 e. The maximum Gasteiger partial charge on any atom is 0.161 e. The molecule has 0 fully saturated rings. The summed E-state index contributed by atoms with van der Waals surface area (Å²) in [5.74, 6) is 0.752. The van der Waals surface area contributed by atoms with Crippen LogP contribution in [0.4, 0.5) is 0 Å². The fourth-order valence-electron chi connectivity index (χ4n) is 6.31. The lowest BCUT2D eigenvalue weighted by atomic mass is 9.95. The van der Waals surface area contributed by atoms with Crippen LogP contribution in [0.25, 0.3) is 86.0 Å². The van der Waals surface area contributed by atoms with Crippen molar-refractivity contribution in [3.63, 3.8) is 0 Å². The lowest BCUT2D eigenvalue weighted by molar-refractivity contribution is 1.24. The Kier molecular flexibility index (Phi) is 4.80.